The van der Waals surface area contributed by atoms with Gasteiger partial charge in [0.05, 0.1) is 30.4 Å². The number of halogens is 1. The zero-order valence-corrected chi connectivity index (χ0v) is 14.0. The maximum atomic E-state index is 13.8. The van der Waals surface area contributed by atoms with E-state index in [1.165, 1.54) is 25.3 Å². The van der Waals surface area contributed by atoms with Crippen molar-refractivity contribution in [3.63, 3.8) is 0 Å². The molecule has 2 aromatic carbocycles. The summed E-state index contributed by atoms with van der Waals surface area (Å²) < 4.78 is 24.2. The van der Waals surface area contributed by atoms with Crippen LogP contribution in [0.5, 0.6) is 11.5 Å². The van der Waals surface area contributed by atoms with Gasteiger partial charge in [-0.2, -0.15) is 0 Å². The number of aryl methyl sites for hydroxylation is 1. The molecule has 0 heterocycles. The van der Waals surface area contributed by atoms with Crippen LogP contribution in [0.15, 0.2) is 30.3 Å². The van der Waals surface area contributed by atoms with E-state index in [-0.39, 0.29) is 29.4 Å². The second kappa shape index (κ2) is 7.61. The van der Waals surface area contributed by atoms with Gasteiger partial charge in [-0.15, -0.1) is 0 Å². The summed E-state index contributed by atoms with van der Waals surface area (Å²) in [6.45, 7) is 3.74. The van der Waals surface area contributed by atoms with E-state index in [9.17, 15) is 19.3 Å². The van der Waals surface area contributed by atoms with Gasteiger partial charge in [-0.25, -0.2) is 4.39 Å². The van der Waals surface area contributed by atoms with Gasteiger partial charge in [0, 0.05) is 6.07 Å². The molecule has 132 valence electrons. The maximum absolute atomic E-state index is 13.8. The van der Waals surface area contributed by atoms with Crippen molar-refractivity contribution < 1.29 is 23.6 Å². The molecule has 1 N–H and O–H groups in total. The van der Waals surface area contributed by atoms with Gasteiger partial charge >= 0.3 is 0 Å². The van der Waals surface area contributed by atoms with Crippen LogP contribution in [0.4, 0.5) is 15.8 Å². The van der Waals surface area contributed by atoms with Gasteiger partial charge in [-0.3, -0.25) is 14.9 Å². The number of nitro groups is 1. The lowest BCUT2D eigenvalue weighted by atomic mass is 10.1. The Morgan fingerprint density at radius 3 is 2.60 bits per heavy atom. The van der Waals surface area contributed by atoms with E-state index in [1.54, 1.807) is 19.9 Å². The average molecular weight is 348 g/mol. The van der Waals surface area contributed by atoms with Crippen molar-refractivity contribution in [2.24, 2.45) is 0 Å². The number of carbonyl (C=O) groups is 1. The molecule has 0 fully saturated rings. The summed E-state index contributed by atoms with van der Waals surface area (Å²) in [5.41, 5.74) is -0.0509. The fraction of sp³-hybridized carbons (Fsp3) is 0.235. The van der Waals surface area contributed by atoms with E-state index >= 15 is 0 Å². The summed E-state index contributed by atoms with van der Waals surface area (Å²) in [4.78, 5) is 23.1. The Morgan fingerprint density at radius 1 is 1.28 bits per heavy atom. The Kier molecular flexibility index (Phi) is 5.53. The van der Waals surface area contributed by atoms with E-state index < -0.39 is 22.3 Å². The SMILES string of the molecule is CCOc1cc(C(=O)Nc2cc(C)ccc2F)c([N+](=O)[O-])cc1OC. The number of rotatable bonds is 6. The highest BCUT2D eigenvalue weighted by Crippen LogP contribution is 2.35. The van der Waals surface area contributed by atoms with Gasteiger partial charge in [-0.05, 0) is 31.5 Å². The number of ether oxygens (including phenoxy) is 2. The molecule has 0 aromatic heterocycles. The minimum atomic E-state index is -0.820. The Hall–Kier alpha value is -3.16. The third-order valence-electron chi connectivity index (χ3n) is 3.39. The Morgan fingerprint density at radius 2 is 2.00 bits per heavy atom. The van der Waals surface area contributed by atoms with Gasteiger partial charge in [0.25, 0.3) is 11.6 Å². The second-order valence-corrected chi connectivity index (χ2v) is 5.15. The topological polar surface area (TPSA) is 90.7 Å². The molecular weight excluding hydrogens is 331 g/mol. The quantitative estimate of drug-likeness (QED) is 0.635. The lowest BCUT2D eigenvalue weighted by Crippen LogP contribution is -2.15. The minimum Gasteiger partial charge on any atom is -0.493 e. The first-order valence-electron chi connectivity index (χ1n) is 7.44. The third-order valence-corrected chi connectivity index (χ3v) is 3.39. The first kappa shape index (κ1) is 18.2. The summed E-state index contributed by atoms with van der Waals surface area (Å²) >= 11 is 0. The molecule has 0 saturated carbocycles. The zero-order valence-electron chi connectivity index (χ0n) is 14.0. The van der Waals surface area contributed by atoms with Crippen LogP contribution >= 0.6 is 0 Å². The van der Waals surface area contributed by atoms with Gasteiger partial charge in [-0.1, -0.05) is 6.07 Å². The van der Waals surface area contributed by atoms with Crippen LogP contribution in [0, 0.1) is 22.9 Å². The molecule has 2 rings (SSSR count). The second-order valence-electron chi connectivity index (χ2n) is 5.15. The lowest BCUT2D eigenvalue weighted by Gasteiger charge is -2.12. The lowest BCUT2D eigenvalue weighted by molar-refractivity contribution is -0.385. The van der Waals surface area contributed by atoms with Crippen molar-refractivity contribution in [1.29, 1.82) is 0 Å². The van der Waals surface area contributed by atoms with Crippen molar-refractivity contribution in [2.75, 3.05) is 19.0 Å². The Labute approximate surface area is 143 Å². The summed E-state index contributed by atoms with van der Waals surface area (Å²) in [6, 6.07) is 6.51. The molecule has 0 unspecified atom stereocenters. The summed E-state index contributed by atoms with van der Waals surface area (Å²) in [6.07, 6.45) is 0. The molecule has 1 amide bonds. The van der Waals surface area contributed by atoms with Crippen molar-refractivity contribution in [3.8, 4) is 11.5 Å². The summed E-state index contributed by atoms with van der Waals surface area (Å²) in [5, 5.41) is 13.6. The molecule has 2 aromatic rings. The molecule has 0 aliphatic heterocycles. The number of methoxy groups -OCH3 is 1. The Balaban J connectivity index is 2.48. The van der Waals surface area contributed by atoms with Gasteiger partial charge < -0.3 is 14.8 Å². The highest BCUT2D eigenvalue weighted by Gasteiger charge is 2.25. The normalized spacial score (nSPS) is 10.2. The van der Waals surface area contributed by atoms with E-state index in [2.05, 4.69) is 5.32 Å². The van der Waals surface area contributed by atoms with Crippen molar-refractivity contribution in [1.82, 2.24) is 0 Å². The highest BCUT2D eigenvalue weighted by molar-refractivity contribution is 6.07. The number of benzene rings is 2. The fourth-order valence-corrected chi connectivity index (χ4v) is 2.23. The molecule has 0 saturated heterocycles. The number of nitrogens with one attached hydrogen (secondary N) is 1. The van der Waals surface area contributed by atoms with Crippen LogP contribution in [-0.4, -0.2) is 24.5 Å². The zero-order chi connectivity index (χ0) is 18.6. The third kappa shape index (κ3) is 4.03. The smallest absolute Gasteiger partial charge is 0.286 e. The molecule has 8 heteroatoms. The average Bonchev–Trinajstić information content (AvgIpc) is 2.57. The Bertz CT molecular complexity index is 823. The molecule has 25 heavy (non-hydrogen) atoms. The molecule has 0 spiro atoms. The number of nitrogens with zero attached hydrogens (tertiary/aromatic N) is 1. The van der Waals surface area contributed by atoms with Gasteiger partial charge in [0.1, 0.15) is 11.4 Å². The van der Waals surface area contributed by atoms with Crippen LogP contribution < -0.4 is 14.8 Å². The summed E-state index contributed by atoms with van der Waals surface area (Å²) in [5.74, 6) is -1.14. The number of hydrogen-bond acceptors (Lipinski definition) is 5. The van der Waals surface area contributed by atoms with Crippen LogP contribution in [0.25, 0.3) is 0 Å². The predicted octanol–water partition coefficient (Wildman–Crippen LogP) is 3.70. The van der Waals surface area contributed by atoms with Crippen LogP contribution in [-0.2, 0) is 0 Å². The largest absolute Gasteiger partial charge is 0.493 e. The van der Waals surface area contributed by atoms with Crippen molar-refractivity contribution >= 4 is 17.3 Å². The van der Waals surface area contributed by atoms with Crippen LogP contribution in [0.2, 0.25) is 0 Å². The summed E-state index contributed by atoms with van der Waals surface area (Å²) in [7, 11) is 1.34. The van der Waals surface area contributed by atoms with E-state index in [4.69, 9.17) is 9.47 Å². The first-order chi connectivity index (χ1) is 11.9. The molecule has 0 aliphatic rings. The fourth-order valence-electron chi connectivity index (χ4n) is 2.23. The standard InChI is InChI=1S/C17H17FN2O5/c1-4-25-16-8-11(14(20(22)23)9-15(16)24-3)17(21)19-13-7-10(2)5-6-12(13)18/h5-9H,4H2,1-3H3,(H,19,21). The van der Waals surface area contributed by atoms with Crippen molar-refractivity contribution in [3.05, 3.63) is 57.4 Å². The molecule has 0 bridgehead atoms. The number of amides is 1. The number of carbonyl (C=O) groups excluding carboxylic acids is 1. The minimum absolute atomic E-state index is 0.0620. The molecule has 0 radical (unpaired) electrons. The van der Waals surface area contributed by atoms with Gasteiger partial charge in [0.2, 0.25) is 0 Å². The first-order valence-corrected chi connectivity index (χ1v) is 7.44. The predicted molar refractivity (Wildman–Crippen MR) is 89.9 cm³/mol. The van der Waals surface area contributed by atoms with E-state index in [0.29, 0.717) is 0 Å². The number of hydrogen-bond donors (Lipinski definition) is 1. The monoisotopic (exact) mass is 348 g/mol. The number of anilines is 1. The van der Waals surface area contributed by atoms with Crippen LogP contribution in [0.1, 0.15) is 22.8 Å². The van der Waals surface area contributed by atoms with Gasteiger partial charge in [0.15, 0.2) is 11.5 Å². The number of nitro benzene ring substituents is 1. The van der Waals surface area contributed by atoms with E-state index in [1.807, 2.05) is 0 Å². The van der Waals surface area contributed by atoms with Crippen LogP contribution in [0.3, 0.4) is 0 Å². The van der Waals surface area contributed by atoms with Crippen molar-refractivity contribution in [2.45, 2.75) is 13.8 Å². The molecule has 0 aliphatic carbocycles. The molecule has 7 nitrogen and oxygen atoms in total. The highest BCUT2D eigenvalue weighted by atomic mass is 19.1. The molecule has 0 atom stereocenters. The molecular formula is C17H17FN2O5. The maximum Gasteiger partial charge on any atom is 0.286 e. The van der Waals surface area contributed by atoms with E-state index in [0.717, 1.165) is 11.6 Å².